The van der Waals surface area contributed by atoms with Crippen LogP contribution in [0.25, 0.3) is 0 Å². The van der Waals surface area contributed by atoms with Gasteiger partial charge in [0.1, 0.15) is 18.0 Å². The number of nitrogens with zero attached hydrogens (tertiary/aromatic N) is 2. The second-order valence-electron chi connectivity index (χ2n) is 3.06. The number of rotatable bonds is 2. The van der Waals surface area contributed by atoms with E-state index in [-0.39, 0.29) is 5.56 Å². The summed E-state index contributed by atoms with van der Waals surface area (Å²) < 4.78 is 12.9. The highest BCUT2D eigenvalue weighted by Gasteiger charge is 2.06. The Morgan fingerprint density at radius 3 is 2.88 bits per heavy atom. The van der Waals surface area contributed by atoms with E-state index in [0.29, 0.717) is 5.82 Å². The second-order valence-corrected chi connectivity index (χ2v) is 3.06. The van der Waals surface area contributed by atoms with Crippen LogP contribution in [0, 0.1) is 5.82 Å². The van der Waals surface area contributed by atoms with Gasteiger partial charge in [-0.15, -0.1) is 0 Å². The molecule has 0 atom stereocenters. The molecule has 0 fully saturated rings. The predicted octanol–water partition coefficient (Wildman–Crippen LogP) is 1.87. The lowest BCUT2D eigenvalue weighted by Gasteiger charge is -2.03. The van der Waals surface area contributed by atoms with Gasteiger partial charge in [-0.1, -0.05) is 6.07 Å². The van der Waals surface area contributed by atoms with Gasteiger partial charge in [-0.3, -0.25) is 4.79 Å². The molecular weight excluding hydrogens is 209 g/mol. The summed E-state index contributed by atoms with van der Waals surface area (Å²) in [4.78, 5) is 19.2. The van der Waals surface area contributed by atoms with E-state index in [4.69, 9.17) is 0 Å². The monoisotopic (exact) mass is 217 g/mol. The van der Waals surface area contributed by atoms with E-state index in [1.807, 2.05) is 0 Å². The minimum Gasteiger partial charge on any atom is -0.306 e. The summed E-state index contributed by atoms with van der Waals surface area (Å²) in [7, 11) is 0. The quantitative estimate of drug-likeness (QED) is 0.835. The maximum atomic E-state index is 12.9. The van der Waals surface area contributed by atoms with Gasteiger partial charge in [0.2, 0.25) is 0 Å². The Hall–Kier alpha value is -2.30. The number of hydrogen-bond donors (Lipinski definition) is 1. The van der Waals surface area contributed by atoms with Crippen LogP contribution < -0.4 is 5.32 Å². The predicted molar refractivity (Wildman–Crippen MR) is 56.4 cm³/mol. The lowest BCUT2D eigenvalue weighted by Crippen LogP contribution is -2.12. The molecule has 0 unspecified atom stereocenters. The lowest BCUT2D eigenvalue weighted by atomic mass is 10.2. The smallest absolute Gasteiger partial charge is 0.256 e. The van der Waals surface area contributed by atoms with Gasteiger partial charge >= 0.3 is 0 Å². The molecule has 0 aliphatic carbocycles. The molecule has 0 aliphatic heterocycles. The largest absolute Gasteiger partial charge is 0.306 e. The van der Waals surface area contributed by atoms with Gasteiger partial charge in [0.15, 0.2) is 0 Å². The van der Waals surface area contributed by atoms with Crippen molar-refractivity contribution in [3.05, 3.63) is 54.2 Å². The Balaban J connectivity index is 2.15. The molecule has 2 rings (SSSR count). The van der Waals surface area contributed by atoms with Crippen LogP contribution in [0.3, 0.4) is 0 Å². The molecule has 1 aromatic carbocycles. The third-order valence-electron chi connectivity index (χ3n) is 1.91. The highest BCUT2D eigenvalue weighted by molar-refractivity contribution is 6.03. The van der Waals surface area contributed by atoms with Crippen LogP contribution in [0.1, 0.15) is 10.4 Å². The van der Waals surface area contributed by atoms with E-state index in [0.717, 1.165) is 6.07 Å². The molecule has 5 heteroatoms. The molecule has 4 nitrogen and oxygen atoms in total. The standard InChI is InChI=1S/C11H8FN3O/c12-9-3-1-2-8(6-9)11(16)15-10-4-5-13-7-14-10/h1-7H,(H,13,14,15,16). The van der Waals surface area contributed by atoms with E-state index >= 15 is 0 Å². The molecule has 1 N–H and O–H groups in total. The van der Waals surface area contributed by atoms with Crippen molar-refractivity contribution in [2.24, 2.45) is 0 Å². The number of hydrogen-bond acceptors (Lipinski definition) is 3. The molecule has 0 spiro atoms. The van der Waals surface area contributed by atoms with Crippen molar-refractivity contribution < 1.29 is 9.18 Å². The highest BCUT2D eigenvalue weighted by atomic mass is 19.1. The molecule has 80 valence electrons. The van der Waals surface area contributed by atoms with Crippen molar-refractivity contribution in [3.63, 3.8) is 0 Å². The lowest BCUT2D eigenvalue weighted by molar-refractivity contribution is 0.102. The van der Waals surface area contributed by atoms with Crippen LogP contribution in [0.15, 0.2) is 42.9 Å². The van der Waals surface area contributed by atoms with Gasteiger partial charge in [-0.05, 0) is 24.3 Å². The topological polar surface area (TPSA) is 54.9 Å². The number of anilines is 1. The highest BCUT2D eigenvalue weighted by Crippen LogP contribution is 2.06. The van der Waals surface area contributed by atoms with Gasteiger partial charge < -0.3 is 5.32 Å². The Bertz CT molecular complexity index is 502. The Morgan fingerprint density at radius 2 is 2.19 bits per heavy atom. The molecule has 0 saturated heterocycles. The third kappa shape index (κ3) is 2.38. The van der Waals surface area contributed by atoms with Crippen molar-refractivity contribution in [3.8, 4) is 0 Å². The summed E-state index contributed by atoms with van der Waals surface area (Å²) >= 11 is 0. The molecule has 0 aliphatic rings. The number of aromatic nitrogens is 2. The van der Waals surface area contributed by atoms with Crippen LogP contribution in [0.4, 0.5) is 10.2 Å². The number of halogens is 1. The second kappa shape index (κ2) is 4.48. The minimum absolute atomic E-state index is 0.249. The molecule has 1 amide bonds. The molecule has 2 aromatic rings. The van der Waals surface area contributed by atoms with Gasteiger partial charge in [0, 0.05) is 11.8 Å². The first-order valence-corrected chi connectivity index (χ1v) is 4.58. The summed E-state index contributed by atoms with van der Waals surface area (Å²) in [5, 5.41) is 2.53. The fraction of sp³-hybridized carbons (Fsp3) is 0. The molecule has 0 radical (unpaired) electrons. The number of carbonyl (C=O) groups is 1. The van der Waals surface area contributed by atoms with Gasteiger partial charge in [-0.25, -0.2) is 14.4 Å². The average molecular weight is 217 g/mol. The molecule has 0 saturated carbocycles. The summed E-state index contributed by atoms with van der Waals surface area (Å²) in [6.45, 7) is 0. The van der Waals surface area contributed by atoms with Crippen molar-refractivity contribution in [1.29, 1.82) is 0 Å². The Kier molecular flexibility index (Phi) is 2.86. The Labute approximate surface area is 91.2 Å². The fourth-order valence-electron chi connectivity index (χ4n) is 1.18. The number of benzene rings is 1. The first-order valence-electron chi connectivity index (χ1n) is 4.58. The van der Waals surface area contributed by atoms with Gasteiger partial charge in [0.25, 0.3) is 5.91 Å². The van der Waals surface area contributed by atoms with E-state index < -0.39 is 11.7 Å². The van der Waals surface area contributed by atoms with Crippen LogP contribution in [0.2, 0.25) is 0 Å². The molecular formula is C11H8FN3O. The summed E-state index contributed by atoms with van der Waals surface area (Å²) in [6, 6.07) is 7.00. The first kappa shape index (κ1) is 10.2. The van der Waals surface area contributed by atoms with E-state index in [9.17, 15) is 9.18 Å². The van der Waals surface area contributed by atoms with E-state index in [2.05, 4.69) is 15.3 Å². The van der Waals surface area contributed by atoms with Gasteiger partial charge in [-0.2, -0.15) is 0 Å². The van der Waals surface area contributed by atoms with Crippen molar-refractivity contribution >= 4 is 11.7 Å². The molecule has 16 heavy (non-hydrogen) atoms. The van der Waals surface area contributed by atoms with E-state index in [1.165, 1.54) is 30.7 Å². The maximum absolute atomic E-state index is 12.9. The number of carbonyl (C=O) groups excluding carboxylic acids is 1. The Morgan fingerprint density at radius 1 is 1.31 bits per heavy atom. The average Bonchev–Trinajstić information content (AvgIpc) is 2.30. The van der Waals surface area contributed by atoms with Crippen LogP contribution in [-0.4, -0.2) is 15.9 Å². The normalized spacial score (nSPS) is 9.81. The molecule has 1 heterocycles. The third-order valence-corrected chi connectivity index (χ3v) is 1.91. The number of nitrogens with one attached hydrogen (secondary N) is 1. The zero-order chi connectivity index (χ0) is 11.4. The number of amides is 1. The van der Waals surface area contributed by atoms with Crippen molar-refractivity contribution in [2.75, 3.05) is 5.32 Å². The zero-order valence-electron chi connectivity index (χ0n) is 8.22. The van der Waals surface area contributed by atoms with Gasteiger partial charge in [0.05, 0.1) is 0 Å². The van der Waals surface area contributed by atoms with Crippen molar-refractivity contribution in [1.82, 2.24) is 9.97 Å². The molecule has 1 aromatic heterocycles. The van der Waals surface area contributed by atoms with Crippen LogP contribution in [-0.2, 0) is 0 Å². The SMILES string of the molecule is O=C(Nc1ccncn1)c1cccc(F)c1. The van der Waals surface area contributed by atoms with Crippen LogP contribution >= 0.6 is 0 Å². The van der Waals surface area contributed by atoms with Crippen molar-refractivity contribution in [2.45, 2.75) is 0 Å². The van der Waals surface area contributed by atoms with E-state index in [1.54, 1.807) is 6.07 Å². The minimum atomic E-state index is -0.449. The summed E-state index contributed by atoms with van der Waals surface area (Å²) in [5.74, 6) is -0.474. The summed E-state index contributed by atoms with van der Waals surface area (Å²) in [6.07, 6.45) is 2.83. The first-order chi connectivity index (χ1) is 7.75. The molecule has 0 bridgehead atoms. The maximum Gasteiger partial charge on any atom is 0.256 e. The summed E-state index contributed by atoms with van der Waals surface area (Å²) in [5.41, 5.74) is 0.249. The fourth-order valence-corrected chi connectivity index (χ4v) is 1.18. The van der Waals surface area contributed by atoms with Crippen LogP contribution in [0.5, 0.6) is 0 Å². The zero-order valence-corrected chi connectivity index (χ0v) is 8.22.